The van der Waals surface area contributed by atoms with Crippen LogP contribution in [0.5, 0.6) is 5.75 Å². The number of para-hydroxylation sites is 1. The van der Waals surface area contributed by atoms with Gasteiger partial charge in [0.05, 0.1) is 18.4 Å². The van der Waals surface area contributed by atoms with Gasteiger partial charge in [-0.25, -0.2) is 23.2 Å². The van der Waals surface area contributed by atoms with Gasteiger partial charge in [0.1, 0.15) is 11.4 Å². The van der Waals surface area contributed by atoms with E-state index in [1.165, 1.54) is 25.3 Å². The van der Waals surface area contributed by atoms with E-state index in [0.29, 0.717) is 15.8 Å². The van der Waals surface area contributed by atoms with E-state index >= 15 is 0 Å². The Kier molecular flexibility index (Phi) is 6.09. The number of rotatable bonds is 6. The largest absolute Gasteiger partial charge is 0.497 e. The number of hydrogen-bond donors (Lipinski definition) is 1. The van der Waals surface area contributed by atoms with E-state index in [1.807, 2.05) is 0 Å². The molecule has 0 atom stereocenters. The molecule has 1 aromatic heterocycles. The highest BCUT2D eigenvalue weighted by Crippen LogP contribution is 2.25. The minimum Gasteiger partial charge on any atom is -0.497 e. The molecule has 0 spiro atoms. The Morgan fingerprint density at radius 2 is 1.84 bits per heavy atom. The molecule has 0 radical (unpaired) electrons. The van der Waals surface area contributed by atoms with Gasteiger partial charge in [0.25, 0.3) is 0 Å². The van der Waals surface area contributed by atoms with Crippen molar-refractivity contribution in [2.24, 2.45) is 0 Å². The van der Waals surface area contributed by atoms with Crippen molar-refractivity contribution in [2.45, 2.75) is 13.3 Å². The summed E-state index contributed by atoms with van der Waals surface area (Å²) in [6, 6.07) is 5.89. The number of halogens is 2. The lowest BCUT2D eigenvalue weighted by Crippen LogP contribution is -2.41. The summed E-state index contributed by atoms with van der Waals surface area (Å²) in [4.78, 5) is 38.2. The van der Waals surface area contributed by atoms with Gasteiger partial charge in [0.15, 0.2) is 11.6 Å². The molecular weight excluding hydrogens is 416 g/mol. The summed E-state index contributed by atoms with van der Waals surface area (Å²) in [6.45, 7) is 1.84. The Bertz CT molecular complexity index is 1190. The van der Waals surface area contributed by atoms with E-state index in [2.05, 4.69) is 10.4 Å². The summed E-state index contributed by atoms with van der Waals surface area (Å²) in [5.41, 5.74) is -1.99. The van der Waals surface area contributed by atoms with Gasteiger partial charge in [-0.3, -0.25) is 4.90 Å². The van der Waals surface area contributed by atoms with Gasteiger partial charge >= 0.3 is 17.7 Å². The molecule has 162 valence electrons. The zero-order chi connectivity index (χ0) is 22.7. The molecule has 10 nitrogen and oxygen atoms in total. The Morgan fingerprint density at radius 1 is 1.16 bits per heavy atom. The normalized spacial score (nSPS) is 10.7. The summed E-state index contributed by atoms with van der Waals surface area (Å²) in [5.74, 6) is -3.20. The van der Waals surface area contributed by atoms with E-state index in [0.717, 1.165) is 23.1 Å². The fraction of sp³-hybridized carbons (Fsp3) is 0.211. The molecule has 1 amide bonds. The number of methoxy groups -OCH3 is 1. The third kappa shape index (κ3) is 4.13. The average Bonchev–Trinajstić information content (AvgIpc) is 3.12. The number of carboxylic acid groups (broad SMARTS) is 1. The molecule has 3 rings (SSSR count). The van der Waals surface area contributed by atoms with Crippen LogP contribution in [0, 0.1) is 11.6 Å². The fourth-order valence-electron chi connectivity index (χ4n) is 2.85. The minimum atomic E-state index is -1.25. The first-order chi connectivity index (χ1) is 14.8. The quantitative estimate of drug-likeness (QED) is 0.593. The molecule has 0 bridgehead atoms. The highest BCUT2D eigenvalue weighted by Gasteiger charge is 2.25. The monoisotopic (exact) mass is 433 g/mol. The second kappa shape index (κ2) is 8.73. The molecule has 0 unspecified atom stereocenters. The summed E-state index contributed by atoms with van der Waals surface area (Å²) >= 11 is 0. The first-order valence-electron chi connectivity index (χ1n) is 9.02. The number of aromatic nitrogens is 4. The van der Waals surface area contributed by atoms with Crippen LogP contribution in [-0.2, 0) is 0 Å². The molecule has 31 heavy (non-hydrogen) atoms. The average molecular weight is 433 g/mol. The van der Waals surface area contributed by atoms with Crippen LogP contribution in [-0.4, -0.2) is 50.6 Å². The van der Waals surface area contributed by atoms with Crippen molar-refractivity contribution in [3.05, 3.63) is 64.1 Å². The molecule has 1 heterocycles. The van der Waals surface area contributed by atoms with E-state index in [9.17, 15) is 28.3 Å². The standard InChI is InChI=1S/C19H17F2N5O5/c1-3-7-24(12-8-11(17(27)28)9-13(10-12)31-2)18(29)26-19(30)25(22-23-26)16-14(20)5-4-6-15(16)21/h4-6,8-10H,3,7H2,1-2H3,(H,27,28). The van der Waals surface area contributed by atoms with Crippen LogP contribution < -0.4 is 15.3 Å². The third-order valence-corrected chi connectivity index (χ3v) is 4.28. The summed E-state index contributed by atoms with van der Waals surface area (Å²) in [7, 11) is 1.33. The van der Waals surface area contributed by atoms with Gasteiger partial charge in [0.2, 0.25) is 0 Å². The number of ether oxygens (including phenoxy) is 1. The number of hydrogen-bond acceptors (Lipinski definition) is 6. The van der Waals surface area contributed by atoms with E-state index in [4.69, 9.17) is 4.74 Å². The Labute approximate surface area is 173 Å². The van der Waals surface area contributed by atoms with Gasteiger partial charge in [-0.15, -0.1) is 4.68 Å². The van der Waals surface area contributed by atoms with Gasteiger partial charge in [-0.1, -0.05) is 13.0 Å². The first kappa shape index (κ1) is 21.6. The van der Waals surface area contributed by atoms with Gasteiger partial charge < -0.3 is 9.84 Å². The topological polar surface area (TPSA) is 120 Å². The third-order valence-electron chi connectivity index (χ3n) is 4.28. The Hall–Kier alpha value is -4.09. The number of aromatic carboxylic acids is 1. The zero-order valence-electron chi connectivity index (χ0n) is 16.5. The second-order valence-corrected chi connectivity index (χ2v) is 6.31. The second-order valence-electron chi connectivity index (χ2n) is 6.31. The highest BCUT2D eigenvalue weighted by molar-refractivity contribution is 5.96. The van der Waals surface area contributed by atoms with Crippen LogP contribution in [0.1, 0.15) is 23.7 Å². The summed E-state index contributed by atoms with van der Waals surface area (Å²) in [5, 5.41) is 16.2. The van der Waals surface area contributed by atoms with Gasteiger partial charge in [0, 0.05) is 12.6 Å². The van der Waals surface area contributed by atoms with Gasteiger partial charge in [-0.05, 0) is 41.1 Å². The molecule has 0 aliphatic heterocycles. The van der Waals surface area contributed by atoms with Crippen molar-refractivity contribution in [3.8, 4) is 11.4 Å². The smallest absolute Gasteiger partial charge is 0.377 e. The predicted octanol–water partition coefficient (Wildman–Crippen LogP) is 2.30. The van der Waals surface area contributed by atoms with Crippen LogP contribution in [0.15, 0.2) is 41.2 Å². The van der Waals surface area contributed by atoms with Crippen LogP contribution in [0.4, 0.5) is 19.3 Å². The van der Waals surface area contributed by atoms with E-state index in [1.54, 1.807) is 6.92 Å². The lowest BCUT2D eigenvalue weighted by atomic mass is 10.1. The van der Waals surface area contributed by atoms with Crippen molar-refractivity contribution in [1.82, 2.24) is 19.8 Å². The van der Waals surface area contributed by atoms with Crippen LogP contribution in [0.2, 0.25) is 0 Å². The van der Waals surface area contributed by atoms with E-state index in [-0.39, 0.29) is 23.5 Å². The number of carboxylic acids is 1. The number of carbonyl (C=O) groups is 2. The minimum absolute atomic E-state index is 0.0818. The van der Waals surface area contributed by atoms with Crippen molar-refractivity contribution < 1.29 is 28.2 Å². The number of benzene rings is 2. The molecule has 0 aliphatic rings. The molecule has 0 saturated carbocycles. The summed E-state index contributed by atoms with van der Waals surface area (Å²) in [6.07, 6.45) is 0.441. The Balaban J connectivity index is 2.09. The number of tetrazole rings is 1. The molecule has 1 N–H and O–H groups in total. The van der Waals surface area contributed by atoms with Gasteiger partial charge in [-0.2, -0.15) is 4.68 Å². The molecule has 0 aliphatic carbocycles. The van der Waals surface area contributed by atoms with Crippen LogP contribution in [0.3, 0.4) is 0 Å². The van der Waals surface area contributed by atoms with E-state index < -0.39 is 35.0 Å². The zero-order valence-corrected chi connectivity index (χ0v) is 16.5. The van der Waals surface area contributed by atoms with Crippen molar-refractivity contribution in [3.63, 3.8) is 0 Å². The SMILES string of the molecule is CCCN(C(=O)n1nnn(-c2c(F)cccc2F)c1=O)c1cc(OC)cc(C(=O)O)c1. The molecule has 0 fully saturated rings. The van der Waals surface area contributed by atoms with Crippen molar-refractivity contribution in [1.29, 1.82) is 0 Å². The maximum absolute atomic E-state index is 14.0. The Morgan fingerprint density at radius 3 is 2.42 bits per heavy atom. The van der Waals surface area contributed by atoms with Crippen molar-refractivity contribution in [2.75, 3.05) is 18.6 Å². The summed E-state index contributed by atoms with van der Waals surface area (Å²) < 4.78 is 33.8. The number of carbonyl (C=O) groups excluding carboxylic acids is 1. The molecule has 2 aromatic carbocycles. The molecule has 3 aromatic rings. The van der Waals surface area contributed by atoms with Crippen LogP contribution >= 0.6 is 0 Å². The molecule has 12 heteroatoms. The lowest BCUT2D eigenvalue weighted by molar-refractivity contribution is 0.0696. The highest BCUT2D eigenvalue weighted by atomic mass is 19.1. The first-order valence-corrected chi connectivity index (χ1v) is 9.02. The van der Waals surface area contributed by atoms with Crippen molar-refractivity contribution >= 4 is 17.7 Å². The van der Waals surface area contributed by atoms with Crippen LogP contribution in [0.25, 0.3) is 5.69 Å². The number of amides is 1. The number of nitrogens with zero attached hydrogens (tertiary/aromatic N) is 5. The predicted molar refractivity (Wildman–Crippen MR) is 104 cm³/mol. The lowest BCUT2D eigenvalue weighted by Gasteiger charge is -2.22. The maximum atomic E-state index is 14.0. The fourth-order valence-corrected chi connectivity index (χ4v) is 2.85. The molecule has 0 saturated heterocycles. The maximum Gasteiger partial charge on any atom is 0.377 e. The molecular formula is C19H17F2N5O5. The number of anilines is 1.